The van der Waals surface area contributed by atoms with Crippen molar-refractivity contribution in [1.29, 1.82) is 0 Å². The minimum atomic E-state index is -0.942. The largest absolute Gasteiger partial charge is 0.385 e. The summed E-state index contributed by atoms with van der Waals surface area (Å²) < 4.78 is 0. The predicted octanol–water partition coefficient (Wildman–Crippen LogP) is 2.64. The van der Waals surface area contributed by atoms with Gasteiger partial charge in [-0.3, -0.25) is 14.9 Å². The van der Waals surface area contributed by atoms with Crippen molar-refractivity contribution in [2.75, 3.05) is 0 Å². The summed E-state index contributed by atoms with van der Waals surface area (Å²) in [6.07, 6.45) is 6.13. The van der Waals surface area contributed by atoms with Crippen LogP contribution in [0.1, 0.15) is 28.8 Å². The highest BCUT2D eigenvalue weighted by molar-refractivity contribution is 6.31. The van der Waals surface area contributed by atoms with Crippen LogP contribution in [0.25, 0.3) is 10.9 Å². The van der Waals surface area contributed by atoms with Gasteiger partial charge in [-0.25, -0.2) is 0 Å². The summed E-state index contributed by atoms with van der Waals surface area (Å²) in [5.41, 5.74) is 1.29. The summed E-state index contributed by atoms with van der Waals surface area (Å²) in [7, 11) is 0. The summed E-state index contributed by atoms with van der Waals surface area (Å²) >= 11 is 6.22. The highest BCUT2D eigenvalue weighted by atomic mass is 35.5. The first kappa shape index (κ1) is 15.8. The molecule has 3 aromatic rings. The van der Waals surface area contributed by atoms with Gasteiger partial charge in [0.05, 0.1) is 17.3 Å². The first-order valence-corrected chi connectivity index (χ1v) is 8.99. The Bertz CT molecular complexity index is 991. The van der Waals surface area contributed by atoms with Gasteiger partial charge in [0.2, 0.25) is 0 Å². The van der Waals surface area contributed by atoms with Crippen LogP contribution in [0.15, 0.2) is 42.9 Å². The Labute approximate surface area is 154 Å². The molecule has 0 aliphatic heterocycles. The maximum absolute atomic E-state index is 12.3. The van der Waals surface area contributed by atoms with Crippen molar-refractivity contribution >= 4 is 28.4 Å². The Balaban J connectivity index is 1.34. The Hall–Kier alpha value is -2.44. The van der Waals surface area contributed by atoms with E-state index in [-0.39, 0.29) is 23.8 Å². The maximum Gasteiger partial charge on any atom is 0.251 e. The number of hydrogen-bond donors (Lipinski definition) is 3. The van der Waals surface area contributed by atoms with Crippen LogP contribution in [0.2, 0.25) is 5.02 Å². The molecule has 2 aromatic heterocycles. The third-order valence-electron chi connectivity index (χ3n) is 5.73. The molecule has 2 saturated carbocycles. The van der Waals surface area contributed by atoms with Crippen molar-refractivity contribution in [3.63, 3.8) is 0 Å². The molecule has 5 rings (SSSR count). The summed E-state index contributed by atoms with van der Waals surface area (Å²) in [6.45, 7) is 0. The summed E-state index contributed by atoms with van der Waals surface area (Å²) in [5.74, 6) is 0.472. The van der Waals surface area contributed by atoms with Gasteiger partial charge >= 0.3 is 0 Å². The first-order valence-electron chi connectivity index (χ1n) is 8.61. The number of aromatic amines is 1. The van der Waals surface area contributed by atoms with E-state index in [1.54, 1.807) is 30.7 Å². The van der Waals surface area contributed by atoms with Crippen LogP contribution < -0.4 is 5.32 Å². The number of rotatable bonds is 3. The normalized spacial score (nSPS) is 29.5. The zero-order chi connectivity index (χ0) is 17.9. The molecule has 7 heteroatoms. The molecule has 0 bridgehead atoms. The lowest BCUT2D eigenvalue weighted by Crippen LogP contribution is -2.33. The average Bonchev–Trinajstić information content (AvgIpc) is 3.01. The number of hydrogen-bond acceptors (Lipinski definition) is 4. The van der Waals surface area contributed by atoms with E-state index in [0.29, 0.717) is 23.4 Å². The van der Waals surface area contributed by atoms with Gasteiger partial charge in [0.25, 0.3) is 5.91 Å². The molecule has 1 amide bonds. The molecule has 4 atom stereocenters. The van der Waals surface area contributed by atoms with Crippen molar-refractivity contribution in [2.45, 2.75) is 24.5 Å². The molecule has 2 fully saturated rings. The van der Waals surface area contributed by atoms with E-state index in [0.717, 1.165) is 16.5 Å². The molecule has 2 heterocycles. The molecule has 0 radical (unpaired) electrons. The number of benzene rings is 1. The van der Waals surface area contributed by atoms with E-state index in [1.165, 1.54) is 0 Å². The average molecular weight is 369 g/mol. The molecule has 1 aromatic carbocycles. The molecule has 26 heavy (non-hydrogen) atoms. The zero-order valence-electron chi connectivity index (χ0n) is 13.8. The number of aliphatic hydroxyl groups is 1. The maximum atomic E-state index is 12.3. The van der Waals surface area contributed by atoms with Crippen LogP contribution in [0, 0.1) is 11.8 Å². The number of pyridine rings is 1. The number of fused-ring (bicyclic) bond motifs is 2. The highest BCUT2D eigenvalue weighted by Gasteiger charge is 2.62. The SMILES string of the molecule is O=C(N[C@H]1[C@@H]2C[C@@](O)(c3cc(Cl)cc4cn[nH]c34)C[C@@H]21)c1ccncc1. The van der Waals surface area contributed by atoms with Gasteiger partial charge in [-0.1, -0.05) is 11.6 Å². The monoisotopic (exact) mass is 368 g/mol. The van der Waals surface area contributed by atoms with Crippen LogP contribution in [-0.4, -0.2) is 32.2 Å². The number of H-pyrrole nitrogens is 1. The third-order valence-corrected chi connectivity index (χ3v) is 5.95. The molecule has 0 spiro atoms. The molecule has 3 N–H and O–H groups in total. The number of aromatic nitrogens is 3. The van der Waals surface area contributed by atoms with Crippen LogP contribution in [0.3, 0.4) is 0 Å². The van der Waals surface area contributed by atoms with Gasteiger partial charge in [-0.2, -0.15) is 5.10 Å². The minimum Gasteiger partial charge on any atom is -0.385 e. The second-order valence-corrected chi connectivity index (χ2v) is 7.73. The Morgan fingerprint density at radius 1 is 1.27 bits per heavy atom. The van der Waals surface area contributed by atoms with Gasteiger partial charge in [-0.15, -0.1) is 0 Å². The van der Waals surface area contributed by atoms with E-state index in [9.17, 15) is 9.90 Å². The number of carbonyl (C=O) groups excluding carboxylic acids is 1. The minimum absolute atomic E-state index is 0.0888. The van der Waals surface area contributed by atoms with Gasteiger partial charge in [0.1, 0.15) is 0 Å². The Morgan fingerprint density at radius 3 is 2.73 bits per heavy atom. The lowest BCUT2D eigenvalue weighted by Gasteiger charge is -2.27. The standard InChI is InChI=1S/C19H17ClN4O2/c20-12-5-11-9-22-24-16(11)15(6-12)19(26)7-13-14(8-19)17(13)23-18(25)10-1-3-21-4-2-10/h1-6,9,13-14,17,26H,7-8H2,(H,22,24)(H,23,25)/t13-,14+,17+,19+. The lowest BCUT2D eigenvalue weighted by atomic mass is 9.87. The number of nitrogens with one attached hydrogen (secondary N) is 2. The summed E-state index contributed by atoms with van der Waals surface area (Å²) in [6, 6.07) is 7.17. The third kappa shape index (κ3) is 2.40. The van der Waals surface area contributed by atoms with Gasteiger partial charge in [-0.05, 0) is 48.9 Å². The van der Waals surface area contributed by atoms with Crippen molar-refractivity contribution < 1.29 is 9.90 Å². The molecule has 132 valence electrons. The molecule has 2 aliphatic carbocycles. The molecule has 0 unspecified atom stereocenters. The lowest BCUT2D eigenvalue weighted by molar-refractivity contribution is 0.0291. The molecule has 0 saturated heterocycles. The van der Waals surface area contributed by atoms with Crippen LogP contribution in [0.4, 0.5) is 0 Å². The van der Waals surface area contributed by atoms with Crippen molar-refractivity contribution in [3.05, 3.63) is 59.0 Å². The second kappa shape index (κ2) is 5.53. The zero-order valence-corrected chi connectivity index (χ0v) is 14.6. The fraction of sp³-hybridized carbons (Fsp3) is 0.316. The van der Waals surface area contributed by atoms with E-state index in [4.69, 9.17) is 11.6 Å². The summed E-state index contributed by atoms with van der Waals surface area (Å²) in [4.78, 5) is 16.2. The van der Waals surface area contributed by atoms with Crippen molar-refractivity contribution in [2.24, 2.45) is 11.8 Å². The smallest absolute Gasteiger partial charge is 0.251 e. The number of amides is 1. The van der Waals surface area contributed by atoms with Gasteiger partial charge in [0, 0.05) is 40.0 Å². The molecule has 2 aliphatic rings. The van der Waals surface area contributed by atoms with Crippen molar-refractivity contribution in [1.82, 2.24) is 20.5 Å². The van der Waals surface area contributed by atoms with E-state index in [1.807, 2.05) is 12.1 Å². The first-order chi connectivity index (χ1) is 12.5. The van der Waals surface area contributed by atoms with Crippen molar-refractivity contribution in [3.8, 4) is 0 Å². The Kier molecular flexibility index (Phi) is 3.36. The fourth-order valence-electron chi connectivity index (χ4n) is 4.42. The molecular weight excluding hydrogens is 352 g/mol. The molecular formula is C19H17ClN4O2. The van der Waals surface area contributed by atoms with Gasteiger partial charge < -0.3 is 10.4 Å². The second-order valence-electron chi connectivity index (χ2n) is 7.29. The highest BCUT2D eigenvalue weighted by Crippen LogP contribution is 2.60. The summed E-state index contributed by atoms with van der Waals surface area (Å²) in [5, 5.41) is 22.8. The number of carbonyl (C=O) groups is 1. The number of nitrogens with zero attached hydrogens (tertiary/aromatic N) is 2. The quantitative estimate of drug-likeness (QED) is 0.662. The van der Waals surface area contributed by atoms with Crippen LogP contribution in [0.5, 0.6) is 0 Å². The topological polar surface area (TPSA) is 90.9 Å². The van der Waals surface area contributed by atoms with Gasteiger partial charge in [0.15, 0.2) is 0 Å². The van der Waals surface area contributed by atoms with Crippen LogP contribution in [-0.2, 0) is 5.60 Å². The van der Waals surface area contributed by atoms with E-state index >= 15 is 0 Å². The number of halogens is 1. The van der Waals surface area contributed by atoms with Crippen LogP contribution >= 0.6 is 11.6 Å². The predicted molar refractivity (Wildman–Crippen MR) is 96.7 cm³/mol. The Morgan fingerprint density at radius 2 is 2.00 bits per heavy atom. The molecule has 6 nitrogen and oxygen atoms in total. The van der Waals surface area contributed by atoms with E-state index in [2.05, 4.69) is 20.5 Å². The van der Waals surface area contributed by atoms with E-state index < -0.39 is 5.60 Å². The fourth-order valence-corrected chi connectivity index (χ4v) is 4.65.